The molecule has 0 aliphatic carbocycles. The molecule has 1 aromatic carbocycles. The zero-order valence-corrected chi connectivity index (χ0v) is 8.47. The lowest BCUT2D eigenvalue weighted by Crippen LogP contribution is -1.94. The molecule has 13 heavy (non-hydrogen) atoms. The standard InChI is InChI=1S/C8H7BrFNO2/c1-2-5-3-6(10)8(9)7(4-5)11(12)13/h3-4H,2H2,1H3. The van der Waals surface area contributed by atoms with E-state index < -0.39 is 10.7 Å². The number of benzene rings is 1. The smallest absolute Gasteiger partial charge is 0.258 e. The van der Waals surface area contributed by atoms with Crippen LogP contribution in [-0.4, -0.2) is 4.92 Å². The van der Waals surface area contributed by atoms with Crippen LogP contribution in [0.3, 0.4) is 0 Å². The number of rotatable bonds is 2. The highest BCUT2D eigenvalue weighted by atomic mass is 79.9. The van der Waals surface area contributed by atoms with E-state index in [0.29, 0.717) is 12.0 Å². The second-order valence-electron chi connectivity index (χ2n) is 2.52. The summed E-state index contributed by atoms with van der Waals surface area (Å²) >= 11 is 2.83. The summed E-state index contributed by atoms with van der Waals surface area (Å²) in [5, 5.41) is 10.5. The maximum Gasteiger partial charge on any atom is 0.286 e. The topological polar surface area (TPSA) is 43.1 Å². The minimum absolute atomic E-state index is 0.0882. The van der Waals surface area contributed by atoms with Gasteiger partial charge in [-0.15, -0.1) is 0 Å². The molecule has 0 unspecified atom stereocenters. The first kappa shape index (κ1) is 10.1. The summed E-state index contributed by atoms with van der Waals surface area (Å²) in [6, 6.07) is 2.66. The molecule has 0 fully saturated rings. The van der Waals surface area contributed by atoms with Crippen LogP contribution in [0.2, 0.25) is 0 Å². The van der Waals surface area contributed by atoms with Crippen molar-refractivity contribution in [3.05, 3.63) is 38.1 Å². The summed E-state index contributed by atoms with van der Waals surface area (Å²) in [5.41, 5.74) is 0.393. The van der Waals surface area contributed by atoms with Crippen LogP contribution in [0.15, 0.2) is 16.6 Å². The van der Waals surface area contributed by atoms with Gasteiger partial charge in [-0.1, -0.05) is 6.92 Å². The molecule has 5 heteroatoms. The number of hydrogen-bond donors (Lipinski definition) is 0. The first-order valence-electron chi connectivity index (χ1n) is 3.68. The van der Waals surface area contributed by atoms with E-state index in [9.17, 15) is 14.5 Å². The zero-order chi connectivity index (χ0) is 10.0. The van der Waals surface area contributed by atoms with Gasteiger partial charge in [0.15, 0.2) is 0 Å². The van der Waals surface area contributed by atoms with E-state index in [4.69, 9.17) is 0 Å². The predicted octanol–water partition coefficient (Wildman–Crippen LogP) is 3.06. The van der Waals surface area contributed by atoms with Crippen molar-refractivity contribution >= 4 is 21.6 Å². The van der Waals surface area contributed by atoms with Crippen LogP contribution in [0.1, 0.15) is 12.5 Å². The van der Waals surface area contributed by atoms with E-state index in [2.05, 4.69) is 15.9 Å². The zero-order valence-electron chi connectivity index (χ0n) is 6.88. The molecule has 0 saturated carbocycles. The average molecular weight is 248 g/mol. The van der Waals surface area contributed by atoms with Crippen LogP contribution in [0.25, 0.3) is 0 Å². The molecule has 0 radical (unpaired) electrons. The van der Waals surface area contributed by atoms with Crippen LogP contribution >= 0.6 is 15.9 Å². The average Bonchev–Trinajstić information content (AvgIpc) is 2.09. The number of nitro groups is 1. The third-order valence-electron chi connectivity index (χ3n) is 1.67. The molecule has 0 bridgehead atoms. The molecule has 0 aliphatic rings. The number of aryl methyl sites for hydroxylation is 1. The Labute approximate surface area is 82.8 Å². The van der Waals surface area contributed by atoms with Crippen molar-refractivity contribution < 1.29 is 9.31 Å². The van der Waals surface area contributed by atoms with Crippen molar-refractivity contribution in [3.63, 3.8) is 0 Å². The Bertz CT molecular complexity index is 354. The highest BCUT2D eigenvalue weighted by Gasteiger charge is 2.16. The molecule has 1 aromatic rings. The lowest BCUT2D eigenvalue weighted by Gasteiger charge is -2.00. The molecule has 0 aliphatic heterocycles. The molecule has 1 rings (SSSR count). The van der Waals surface area contributed by atoms with E-state index >= 15 is 0 Å². The summed E-state index contributed by atoms with van der Waals surface area (Å²) in [6.45, 7) is 1.81. The van der Waals surface area contributed by atoms with Gasteiger partial charge in [0.25, 0.3) is 5.69 Å². The predicted molar refractivity (Wildman–Crippen MR) is 50.1 cm³/mol. The van der Waals surface area contributed by atoms with Crippen molar-refractivity contribution in [2.45, 2.75) is 13.3 Å². The van der Waals surface area contributed by atoms with Gasteiger partial charge in [-0.25, -0.2) is 4.39 Å². The Kier molecular flexibility index (Phi) is 2.98. The Hall–Kier alpha value is -0.970. The molecule has 0 spiro atoms. The van der Waals surface area contributed by atoms with Gasteiger partial charge in [0.05, 0.1) is 4.92 Å². The van der Waals surface area contributed by atoms with E-state index in [0.717, 1.165) is 0 Å². The van der Waals surface area contributed by atoms with Gasteiger partial charge in [-0.2, -0.15) is 0 Å². The Morgan fingerprint density at radius 1 is 1.62 bits per heavy atom. The summed E-state index contributed by atoms with van der Waals surface area (Å²) in [5.74, 6) is -0.592. The number of nitro benzene ring substituents is 1. The summed E-state index contributed by atoms with van der Waals surface area (Å²) in [6.07, 6.45) is 0.574. The summed E-state index contributed by atoms with van der Waals surface area (Å²) in [7, 11) is 0. The van der Waals surface area contributed by atoms with Crippen molar-refractivity contribution in [1.82, 2.24) is 0 Å². The van der Waals surface area contributed by atoms with Gasteiger partial charge in [-0.3, -0.25) is 10.1 Å². The largest absolute Gasteiger partial charge is 0.286 e. The highest BCUT2D eigenvalue weighted by molar-refractivity contribution is 9.10. The van der Waals surface area contributed by atoms with Crippen LogP contribution in [0.5, 0.6) is 0 Å². The van der Waals surface area contributed by atoms with Crippen molar-refractivity contribution in [3.8, 4) is 0 Å². The van der Waals surface area contributed by atoms with Crippen molar-refractivity contribution in [1.29, 1.82) is 0 Å². The molecule has 0 saturated heterocycles. The number of halogens is 2. The highest BCUT2D eigenvalue weighted by Crippen LogP contribution is 2.28. The fourth-order valence-corrected chi connectivity index (χ4v) is 1.34. The maximum absolute atomic E-state index is 13.0. The first-order valence-corrected chi connectivity index (χ1v) is 4.48. The molecule has 0 N–H and O–H groups in total. The minimum Gasteiger partial charge on any atom is -0.258 e. The minimum atomic E-state index is -0.605. The van der Waals surface area contributed by atoms with Gasteiger partial charge < -0.3 is 0 Å². The Morgan fingerprint density at radius 3 is 2.69 bits per heavy atom. The molecule has 70 valence electrons. The van der Waals surface area contributed by atoms with Gasteiger partial charge in [0, 0.05) is 6.07 Å². The SMILES string of the molecule is CCc1cc(F)c(Br)c([N+](=O)[O-])c1. The van der Waals surface area contributed by atoms with Gasteiger partial charge in [0.1, 0.15) is 10.3 Å². The molecule has 0 amide bonds. The fraction of sp³-hybridized carbons (Fsp3) is 0.250. The molecule has 3 nitrogen and oxygen atoms in total. The lowest BCUT2D eigenvalue weighted by molar-refractivity contribution is -0.385. The molecule has 0 atom stereocenters. The van der Waals surface area contributed by atoms with Crippen LogP contribution in [0, 0.1) is 15.9 Å². The van der Waals surface area contributed by atoms with Gasteiger partial charge >= 0.3 is 0 Å². The van der Waals surface area contributed by atoms with E-state index in [-0.39, 0.29) is 10.2 Å². The van der Waals surface area contributed by atoms with Crippen LogP contribution in [0.4, 0.5) is 10.1 Å². The molecular formula is C8H7BrFNO2. The first-order chi connectivity index (χ1) is 6.06. The van der Waals surface area contributed by atoms with E-state index in [1.807, 2.05) is 6.92 Å². The summed E-state index contributed by atoms with van der Waals surface area (Å²) in [4.78, 5) is 9.85. The normalized spacial score (nSPS) is 10.1. The third-order valence-corrected chi connectivity index (χ3v) is 2.46. The summed E-state index contributed by atoms with van der Waals surface area (Å²) < 4.78 is 12.9. The number of nitrogens with zero attached hydrogens (tertiary/aromatic N) is 1. The Morgan fingerprint density at radius 2 is 2.23 bits per heavy atom. The number of hydrogen-bond acceptors (Lipinski definition) is 2. The van der Waals surface area contributed by atoms with Gasteiger partial charge in [-0.05, 0) is 34.0 Å². The van der Waals surface area contributed by atoms with Crippen LogP contribution in [-0.2, 0) is 6.42 Å². The monoisotopic (exact) mass is 247 g/mol. The van der Waals surface area contributed by atoms with E-state index in [1.165, 1.54) is 12.1 Å². The third kappa shape index (κ3) is 2.03. The quantitative estimate of drug-likeness (QED) is 0.596. The fourth-order valence-electron chi connectivity index (χ4n) is 0.966. The second kappa shape index (κ2) is 3.83. The molecule has 0 aromatic heterocycles. The Balaban J connectivity index is 3.33. The molecule has 0 heterocycles. The lowest BCUT2D eigenvalue weighted by atomic mass is 10.1. The maximum atomic E-state index is 13.0. The van der Waals surface area contributed by atoms with E-state index in [1.54, 1.807) is 0 Å². The molecular weight excluding hydrogens is 241 g/mol. The second-order valence-corrected chi connectivity index (χ2v) is 3.31. The van der Waals surface area contributed by atoms with Crippen molar-refractivity contribution in [2.24, 2.45) is 0 Å². The van der Waals surface area contributed by atoms with Gasteiger partial charge in [0.2, 0.25) is 0 Å². The van der Waals surface area contributed by atoms with Crippen LogP contribution < -0.4 is 0 Å². The van der Waals surface area contributed by atoms with Crippen molar-refractivity contribution in [2.75, 3.05) is 0 Å².